The van der Waals surface area contributed by atoms with Crippen LogP contribution in [0.3, 0.4) is 0 Å². The molecule has 0 saturated carbocycles. The summed E-state index contributed by atoms with van der Waals surface area (Å²) in [5.41, 5.74) is 7.18. The van der Waals surface area contributed by atoms with Gasteiger partial charge in [0.2, 0.25) is 29.5 Å². The van der Waals surface area contributed by atoms with E-state index < -0.39 is 84.3 Å². The Balaban J connectivity index is 1.59. The number of hydrogen-bond acceptors (Lipinski definition) is 10. The van der Waals surface area contributed by atoms with Gasteiger partial charge in [0.15, 0.2) is 0 Å². The number of nitrogens with two attached hydrogens (primary N) is 1. The number of nitrogens with zero attached hydrogens (tertiary/aromatic N) is 2. The third-order valence-corrected chi connectivity index (χ3v) is 7.96. The van der Waals surface area contributed by atoms with Gasteiger partial charge in [-0.3, -0.25) is 24.0 Å². The highest BCUT2D eigenvalue weighted by atomic mass is 16.4. The number of carbonyl (C=O) groups excluding carboxylic acids is 5. The molecule has 1 aromatic heterocycles. The van der Waals surface area contributed by atoms with Gasteiger partial charge in [-0.1, -0.05) is 26.0 Å². The number of nitrogens with one attached hydrogen (secondary N) is 5. The van der Waals surface area contributed by atoms with Crippen LogP contribution in [0.25, 0.3) is 0 Å². The molecule has 0 unspecified atom stereocenters. The summed E-state index contributed by atoms with van der Waals surface area (Å²) in [4.78, 5) is 85.2. The summed E-state index contributed by atoms with van der Waals surface area (Å²) in [6.45, 7) is 4.09. The lowest BCUT2D eigenvalue weighted by Crippen LogP contribution is -2.60. The average Bonchev–Trinajstić information content (AvgIpc) is 3.75. The Morgan fingerprint density at radius 2 is 1.62 bits per heavy atom. The van der Waals surface area contributed by atoms with Crippen molar-refractivity contribution in [2.45, 2.75) is 82.7 Å². The summed E-state index contributed by atoms with van der Waals surface area (Å²) in [7, 11) is 0. The predicted octanol–water partition coefficient (Wildman–Crippen LogP) is -2.09. The van der Waals surface area contributed by atoms with E-state index in [0.29, 0.717) is 17.7 Å². The number of carboxylic acid groups (broad SMARTS) is 1. The molecule has 0 radical (unpaired) electrons. The van der Waals surface area contributed by atoms with E-state index in [9.17, 15) is 44.1 Å². The van der Waals surface area contributed by atoms with Crippen molar-refractivity contribution >= 4 is 35.5 Å². The first-order valence-corrected chi connectivity index (χ1v) is 15.6. The van der Waals surface area contributed by atoms with E-state index in [1.807, 2.05) is 0 Å². The number of aromatic amines is 1. The Morgan fingerprint density at radius 1 is 0.958 bits per heavy atom. The van der Waals surface area contributed by atoms with Crippen LogP contribution in [0, 0.1) is 5.92 Å². The Bertz CT molecular complexity index is 1430. The van der Waals surface area contributed by atoms with Crippen LogP contribution in [0.2, 0.25) is 0 Å². The Morgan fingerprint density at radius 3 is 2.21 bits per heavy atom. The number of aliphatic hydroxyl groups excluding tert-OH is 1. The van der Waals surface area contributed by atoms with E-state index in [2.05, 4.69) is 31.2 Å². The fourth-order valence-electron chi connectivity index (χ4n) is 5.21. The zero-order chi connectivity index (χ0) is 35.5. The van der Waals surface area contributed by atoms with Crippen LogP contribution in [0.4, 0.5) is 0 Å². The molecular formula is C31H44N8O9. The van der Waals surface area contributed by atoms with Gasteiger partial charge in [-0.25, -0.2) is 9.78 Å². The molecule has 0 spiro atoms. The molecule has 2 aromatic rings. The molecule has 0 bridgehead atoms. The van der Waals surface area contributed by atoms with Gasteiger partial charge < -0.3 is 52.2 Å². The van der Waals surface area contributed by atoms with E-state index in [4.69, 9.17) is 5.73 Å². The minimum atomic E-state index is -1.43. The summed E-state index contributed by atoms with van der Waals surface area (Å²) in [5.74, 6) is -5.21. The standard InChI is InChI=1S/C31H44N8O9/c1-16(2)25(38-27(43)21(32)12-19-13-33-15-34-19)29(45)37-23(14-40)30(46)39-10-4-5-24(39)28(44)35-17(3)26(42)36-22(31(47)48)11-18-6-8-20(41)9-7-18/h6-9,13,15-17,21-25,40-41H,4-5,10-12,14,32H2,1-3H3,(H,33,34)(H,35,44)(H,36,42)(H,37,45)(H,38,43)(H,47,48)/t17-,21-,22-,23-,24-,25-/m0/s1. The first-order valence-electron chi connectivity index (χ1n) is 15.6. The number of rotatable bonds is 16. The van der Waals surface area contributed by atoms with E-state index in [1.165, 1.54) is 48.6 Å². The number of H-pyrrole nitrogens is 1. The van der Waals surface area contributed by atoms with Crippen LogP contribution in [-0.4, -0.2) is 115 Å². The summed E-state index contributed by atoms with van der Waals surface area (Å²) in [5, 5.41) is 39.1. The maximum atomic E-state index is 13.5. The minimum absolute atomic E-state index is 0.00426. The Kier molecular flexibility index (Phi) is 13.4. The van der Waals surface area contributed by atoms with Gasteiger partial charge in [0.1, 0.15) is 36.0 Å². The molecule has 17 heteroatoms. The monoisotopic (exact) mass is 672 g/mol. The van der Waals surface area contributed by atoms with E-state index in [-0.39, 0.29) is 31.6 Å². The van der Waals surface area contributed by atoms with Gasteiger partial charge in [0.05, 0.1) is 19.0 Å². The van der Waals surface area contributed by atoms with Crippen LogP contribution >= 0.6 is 0 Å². The van der Waals surface area contributed by atoms with Crippen molar-refractivity contribution in [3.63, 3.8) is 0 Å². The number of aliphatic carboxylic acids is 1. The second-order valence-electron chi connectivity index (χ2n) is 12.1. The highest BCUT2D eigenvalue weighted by Crippen LogP contribution is 2.19. The number of aromatic nitrogens is 2. The van der Waals surface area contributed by atoms with Crippen molar-refractivity contribution in [2.75, 3.05) is 13.2 Å². The van der Waals surface area contributed by atoms with E-state index in [0.717, 1.165) is 0 Å². The quantitative estimate of drug-likeness (QED) is 0.0933. The largest absolute Gasteiger partial charge is 0.508 e. The SMILES string of the molecule is CC(C)[C@H](NC(=O)[C@@H](N)Cc1cnc[nH]1)C(=O)N[C@@H](CO)C(=O)N1CCC[C@H]1C(=O)N[C@@H](C)C(=O)N[C@@H](Cc1ccc(O)cc1)C(=O)O. The highest BCUT2D eigenvalue weighted by molar-refractivity contribution is 5.96. The van der Waals surface area contributed by atoms with Crippen molar-refractivity contribution in [1.29, 1.82) is 0 Å². The average molecular weight is 673 g/mol. The Labute approximate surface area is 277 Å². The molecule has 10 N–H and O–H groups in total. The molecule has 2 heterocycles. The lowest BCUT2D eigenvalue weighted by Gasteiger charge is -2.30. The molecule has 1 aliphatic rings. The lowest BCUT2D eigenvalue weighted by atomic mass is 10.0. The molecule has 1 aromatic carbocycles. The van der Waals surface area contributed by atoms with E-state index in [1.54, 1.807) is 13.8 Å². The van der Waals surface area contributed by atoms with Crippen molar-refractivity contribution < 1.29 is 44.1 Å². The summed E-state index contributed by atoms with van der Waals surface area (Å²) in [6.07, 6.45) is 3.73. The first-order chi connectivity index (χ1) is 22.7. The fourth-order valence-corrected chi connectivity index (χ4v) is 5.21. The number of carbonyl (C=O) groups is 6. The number of carboxylic acids is 1. The predicted molar refractivity (Wildman–Crippen MR) is 170 cm³/mol. The van der Waals surface area contributed by atoms with Crippen molar-refractivity contribution in [1.82, 2.24) is 36.1 Å². The number of phenols is 1. The fraction of sp³-hybridized carbons (Fsp3) is 0.516. The van der Waals surface area contributed by atoms with Crippen molar-refractivity contribution in [2.24, 2.45) is 11.7 Å². The highest BCUT2D eigenvalue weighted by Gasteiger charge is 2.39. The number of aromatic hydroxyl groups is 1. The molecule has 48 heavy (non-hydrogen) atoms. The normalized spacial score (nSPS) is 17.5. The lowest BCUT2D eigenvalue weighted by molar-refractivity contribution is -0.144. The molecule has 1 aliphatic heterocycles. The second-order valence-corrected chi connectivity index (χ2v) is 12.1. The number of imidazole rings is 1. The molecule has 5 amide bonds. The maximum Gasteiger partial charge on any atom is 0.326 e. The maximum absolute atomic E-state index is 13.5. The van der Waals surface area contributed by atoms with Gasteiger partial charge in [-0.05, 0) is 43.4 Å². The molecule has 262 valence electrons. The molecule has 1 fully saturated rings. The topological polar surface area (TPSA) is 269 Å². The van der Waals surface area contributed by atoms with Crippen LogP contribution in [0.15, 0.2) is 36.8 Å². The number of amides is 5. The van der Waals surface area contributed by atoms with Crippen molar-refractivity contribution in [3.05, 3.63) is 48.0 Å². The molecule has 3 rings (SSSR count). The number of benzene rings is 1. The zero-order valence-corrected chi connectivity index (χ0v) is 27.0. The van der Waals surface area contributed by atoms with Crippen LogP contribution in [0.1, 0.15) is 44.9 Å². The molecule has 0 aliphatic carbocycles. The smallest absolute Gasteiger partial charge is 0.326 e. The number of phenolic OH excluding ortho intramolecular Hbond substituents is 1. The van der Waals surface area contributed by atoms with Gasteiger partial charge in [-0.2, -0.15) is 0 Å². The zero-order valence-electron chi connectivity index (χ0n) is 27.0. The summed E-state index contributed by atoms with van der Waals surface area (Å²) < 4.78 is 0. The number of aliphatic hydroxyl groups is 1. The molecule has 17 nitrogen and oxygen atoms in total. The summed E-state index contributed by atoms with van der Waals surface area (Å²) >= 11 is 0. The number of hydrogen-bond donors (Lipinski definition) is 9. The van der Waals surface area contributed by atoms with Crippen LogP contribution in [0.5, 0.6) is 5.75 Å². The molecule has 1 saturated heterocycles. The number of likely N-dealkylation sites (tertiary alicyclic amines) is 1. The van der Waals surface area contributed by atoms with Gasteiger partial charge in [0, 0.05) is 31.3 Å². The van der Waals surface area contributed by atoms with Crippen LogP contribution in [-0.2, 0) is 41.6 Å². The van der Waals surface area contributed by atoms with E-state index >= 15 is 0 Å². The van der Waals surface area contributed by atoms with Gasteiger partial charge in [-0.15, -0.1) is 0 Å². The minimum Gasteiger partial charge on any atom is -0.508 e. The van der Waals surface area contributed by atoms with Crippen molar-refractivity contribution in [3.8, 4) is 5.75 Å². The third-order valence-electron chi connectivity index (χ3n) is 7.96. The van der Waals surface area contributed by atoms with Gasteiger partial charge in [0.25, 0.3) is 0 Å². The Hall–Kier alpha value is -5.03. The summed E-state index contributed by atoms with van der Waals surface area (Å²) in [6, 6.07) is -1.18. The van der Waals surface area contributed by atoms with Gasteiger partial charge >= 0.3 is 5.97 Å². The second kappa shape index (κ2) is 17.2. The first kappa shape index (κ1) is 37.4. The molecule has 6 atom stereocenters. The third kappa shape index (κ3) is 10.2. The van der Waals surface area contributed by atoms with Crippen LogP contribution < -0.4 is 27.0 Å². The molecular weight excluding hydrogens is 628 g/mol.